The molecular formula is C17H15BrN2O. The third-order valence-electron chi connectivity index (χ3n) is 3.60. The van der Waals surface area contributed by atoms with Crippen LogP contribution in [0.25, 0.3) is 10.9 Å². The van der Waals surface area contributed by atoms with Gasteiger partial charge in [0.1, 0.15) is 0 Å². The van der Waals surface area contributed by atoms with Gasteiger partial charge in [-0.1, -0.05) is 30.3 Å². The van der Waals surface area contributed by atoms with Gasteiger partial charge in [-0.25, -0.2) is 0 Å². The molecule has 0 fully saturated rings. The van der Waals surface area contributed by atoms with E-state index in [-0.39, 0.29) is 5.91 Å². The van der Waals surface area contributed by atoms with Crippen LogP contribution >= 0.6 is 15.9 Å². The fraction of sp³-hybridized carbons (Fsp3) is 0.118. The Kier molecular flexibility index (Phi) is 3.80. The first kappa shape index (κ1) is 13.9. The first-order chi connectivity index (χ1) is 10.2. The number of carbonyl (C=O) groups excluding carboxylic acids is 1. The second kappa shape index (κ2) is 5.74. The minimum atomic E-state index is 0.0617. The van der Waals surface area contributed by atoms with Crippen LogP contribution in [0.1, 0.15) is 5.56 Å². The van der Waals surface area contributed by atoms with Gasteiger partial charge in [-0.3, -0.25) is 4.79 Å². The Bertz CT molecular complexity index is 794. The van der Waals surface area contributed by atoms with Gasteiger partial charge in [0, 0.05) is 28.6 Å². The highest BCUT2D eigenvalue weighted by molar-refractivity contribution is 9.10. The van der Waals surface area contributed by atoms with Crippen LogP contribution in [0.5, 0.6) is 0 Å². The Balaban J connectivity index is 1.85. The highest BCUT2D eigenvalue weighted by atomic mass is 79.9. The number of nitrogens with zero attached hydrogens (tertiary/aromatic N) is 1. The average Bonchev–Trinajstić information content (AvgIpc) is 2.90. The van der Waals surface area contributed by atoms with E-state index in [9.17, 15) is 4.79 Å². The molecule has 106 valence electrons. The average molecular weight is 343 g/mol. The normalized spacial score (nSPS) is 10.8. The van der Waals surface area contributed by atoms with Gasteiger partial charge in [0.15, 0.2) is 0 Å². The molecule has 4 heteroatoms. The maximum Gasteiger partial charge on any atom is 0.231 e. The number of benzene rings is 2. The van der Waals surface area contributed by atoms with Crippen molar-refractivity contribution in [1.29, 1.82) is 0 Å². The molecule has 2 aromatic carbocycles. The number of H-pyrrole nitrogens is 1. The topological polar surface area (TPSA) is 36.1 Å². The lowest BCUT2D eigenvalue weighted by Crippen LogP contribution is -2.28. The largest absolute Gasteiger partial charge is 0.361 e. The smallest absolute Gasteiger partial charge is 0.231 e. The standard InChI is InChI=1S/C17H15BrN2O/c1-20(16-9-5-3-7-14(16)18)17(21)10-12-11-19-15-8-4-2-6-13(12)15/h2-9,11,19H,10H2,1H3. The lowest BCUT2D eigenvalue weighted by molar-refractivity contribution is -0.117. The Hall–Kier alpha value is -2.07. The summed E-state index contributed by atoms with van der Waals surface area (Å²) in [6.45, 7) is 0. The predicted octanol–water partition coefficient (Wildman–Crippen LogP) is 4.14. The van der Waals surface area contributed by atoms with Crippen molar-refractivity contribution in [1.82, 2.24) is 4.98 Å². The van der Waals surface area contributed by atoms with Gasteiger partial charge in [-0.05, 0) is 39.7 Å². The zero-order valence-corrected chi connectivity index (χ0v) is 13.2. The molecule has 0 bridgehead atoms. The van der Waals surface area contributed by atoms with E-state index in [1.165, 1.54) is 0 Å². The molecule has 1 N–H and O–H groups in total. The highest BCUT2D eigenvalue weighted by Crippen LogP contribution is 2.26. The van der Waals surface area contributed by atoms with Crippen molar-refractivity contribution < 1.29 is 4.79 Å². The molecule has 0 radical (unpaired) electrons. The lowest BCUT2D eigenvalue weighted by Gasteiger charge is -2.18. The minimum Gasteiger partial charge on any atom is -0.361 e. The summed E-state index contributed by atoms with van der Waals surface area (Å²) in [5.74, 6) is 0.0617. The number of carbonyl (C=O) groups is 1. The maximum atomic E-state index is 12.5. The number of para-hydroxylation sites is 2. The third-order valence-corrected chi connectivity index (χ3v) is 4.28. The van der Waals surface area contributed by atoms with Crippen molar-refractivity contribution in [2.45, 2.75) is 6.42 Å². The second-order valence-electron chi connectivity index (χ2n) is 4.94. The van der Waals surface area contributed by atoms with Crippen LogP contribution in [0.3, 0.4) is 0 Å². The first-order valence-electron chi connectivity index (χ1n) is 6.73. The summed E-state index contributed by atoms with van der Waals surface area (Å²) >= 11 is 3.48. The number of aromatic nitrogens is 1. The van der Waals surface area contributed by atoms with Crippen molar-refractivity contribution >= 4 is 38.4 Å². The van der Waals surface area contributed by atoms with Gasteiger partial charge in [-0.2, -0.15) is 0 Å². The number of likely N-dealkylation sites (N-methyl/N-ethyl adjacent to an activating group) is 1. The SMILES string of the molecule is CN(C(=O)Cc1c[nH]c2ccccc12)c1ccccc1Br. The number of halogens is 1. The van der Waals surface area contributed by atoms with Crippen molar-refractivity contribution in [2.75, 3.05) is 11.9 Å². The van der Waals surface area contributed by atoms with Gasteiger partial charge in [0.2, 0.25) is 5.91 Å². The molecule has 0 spiro atoms. The van der Waals surface area contributed by atoms with Gasteiger partial charge >= 0.3 is 0 Å². The Morgan fingerprint density at radius 1 is 1.14 bits per heavy atom. The fourth-order valence-electron chi connectivity index (χ4n) is 2.42. The maximum absolute atomic E-state index is 12.5. The zero-order valence-electron chi connectivity index (χ0n) is 11.6. The van der Waals surface area contributed by atoms with E-state index in [0.29, 0.717) is 6.42 Å². The van der Waals surface area contributed by atoms with Crippen molar-refractivity contribution in [3.05, 3.63) is 64.8 Å². The summed E-state index contributed by atoms with van der Waals surface area (Å²) in [6.07, 6.45) is 2.29. The molecule has 0 atom stereocenters. The second-order valence-corrected chi connectivity index (χ2v) is 5.79. The molecule has 1 aromatic heterocycles. The van der Waals surface area contributed by atoms with Crippen LogP contribution in [-0.2, 0) is 11.2 Å². The van der Waals surface area contributed by atoms with E-state index in [1.54, 1.807) is 11.9 Å². The zero-order chi connectivity index (χ0) is 14.8. The summed E-state index contributed by atoms with van der Waals surface area (Å²) < 4.78 is 0.916. The number of rotatable bonds is 3. The number of hydrogen-bond acceptors (Lipinski definition) is 1. The number of hydrogen-bond donors (Lipinski definition) is 1. The molecule has 0 aliphatic carbocycles. The van der Waals surface area contributed by atoms with Crippen LogP contribution < -0.4 is 4.90 Å². The first-order valence-corrected chi connectivity index (χ1v) is 7.52. The molecule has 1 amide bonds. The third kappa shape index (κ3) is 2.72. The molecule has 3 rings (SSSR count). The fourth-order valence-corrected chi connectivity index (χ4v) is 2.97. The molecule has 0 aliphatic rings. The Labute approximate surface area is 131 Å². The molecule has 1 heterocycles. The molecule has 0 unspecified atom stereocenters. The summed E-state index contributed by atoms with van der Waals surface area (Å²) in [7, 11) is 1.80. The van der Waals surface area contributed by atoms with Crippen LogP contribution in [-0.4, -0.2) is 17.9 Å². The molecule has 0 saturated carbocycles. The van der Waals surface area contributed by atoms with Gasteiger partial charge in [-0.15, -0.1) is 0 Å². The predicted molar refractivity (Wildman–Crippen MR) is 89.6 cm³/mol. The van der Waals surface area contributed by atoms with E-state index in [2.05, 4.69) is 20.9 Å². The summed E-state index contributed by atoms with van der Waals surface area (Å²) in [5.41, 5.74) is 2.96. The van der Waals surface area contributed by atoms with Crippen LogP contribution in [0, 0.1) is 0 Å². The number of aromatic amines is 1. The van der Waals surface area contributed by atoms with Gasteiger partial charge < -0.3 is 9.88 Å². The number of anilines is 1. The Morgan fingerprint density at radius 3 is 2.67 bits per heavy atom. The monoisotopic (exact) mass is 342 g/mol. The summed E-state index contributed by atoms with van der Waals surface area (Å²) in [4.78, 5) is 17.4. The summed E-state index contributed by atoms with van der Waals surface area (Å²) in [5, 5.41) is 1.10. The lowest BCUT2D eigenvalue weighted by atomic mass is 10.1. The van der Waals surface area contributed by atoms with Gasteiger partial charge in [0.05, 0.1) is 12.1 Å². The quantitative estimate of drug-likeness (QED) is 0.762. The van der Waals surface area contributed by atoms with Crippen LogP contribution in [0.15, 0.2) is 59.2 Å². The number of amides is 1. The van der Waals surface area contributed by atoms with E-state index in [4.69, 9.17) is 0 Å². The number of fused-ring (bicyclic) bond motifs is 1. The van der Waals surface area contributed by atoms with E-state index >= 15 is 0 Å². The molecule has 0 saturated heterocycles. The van der Waals surface area contributed by atoms with Crippen molar-refractivity contribution in [2.24, 2.45) is 0 Å². The van der Waals surface area contributed by atoms with Crippen LogP contribution in [0.4, 0.5) is 5.69 Å². The molecule has 0 aliphatic heterocycles. The highest BCUT2D eigenvalue weighted by Gasteiger charge is 2.15. The van der Waals surface area contributed by atoms with Crippen LogP contribution in [0.2, 0.25) is 0 Å². The van der Waals surface area contributed by atoms with Crippen molar-refractivity contribution in [3.63, 3.8) is 0 Å². The molecule has 21 heavy (non-hydrogen) atoms. The van der Waals surface area contributed by atoms with Crippen molar-refractivity contribution in [3.8, 4) is 0 Å². The minimum absolute atomic E-state index is 0.0617. The van der Waals surface area contributed by atoms with E-state index in [1.807, 2.05) is 54.7 Å². The molecular weight excluding hydrogens is 328 g/mol. The van der Waals surface area contributed by atoms with Gasteiger partial charge in [0.25, 0.3) is 0 Å². The summed E-state index contributed by atoms with van der Waals surface area (Å²) in [6, 6.07) is 15.7. The molecule has 3 aromatic rings. The Morgan fingerprint density at radius 2 is 1.86 bits per heavy atom. The molecule has 3 nitrogen and oxygen atoms in total. The van der Waals surface area contributed by atoms with E-state index < -0.39 is 0 Å². The number of nitrogens with one attached hydrogen (secondary N) is 1. The van der Waals surface area contributed by atoms with E-state index in [0.717, 1.165) is 26.6 Å².